The predicted molar refractivity (Wildman–Crippen MR) is 48.3 cm³/mol. The van der Waals surface area contributed by atoms with E-state index in [-0.39, 0.29) is 18.5 Å². The third kappa shape index (κ3) is 2.03. The van der Waals surface area contributed by atoms with Crippen LogP contribution in [0.25, 0.3) is 0 Å². The van der Waals surface area contributed by atoms with Crippen molar-refractivity contribution < 1.29 is 14.6 Å². The fourth-order valence-electron chi connectivity index (χ4n) is 2.27. The summed E-state index contributed by atoms with van der Waals surface area (Å²) >= 11 is 0. The van der Waals surface area contributed by atoms with Gasteiger partial charge in [0.2, 0.25) is 0 Å². The SMILES string of the molecule is OC[C@H]1CCC[C@@]2(CCCCO2)O1. The van der Waals surface area contributed by atoms with Gasteiger partial charge in [-0.3, -0.25) is 0 Å². The first-order chi connectivity index (χ1) is 6.35. The minimum atomic E-state index is -0.329. The third-order valence-corrected chi connectivity index (χ3v) is 2.99. The standard InChI is InChI=1S/C10H18O3/c11-8-9-4-3-6-10(13-9)5-1-2-7-12-10/h9,11H,1-8H2/t9-,10-/m1/s1. The maximum Gasteiger partial charge on any atom is 0.168 e. The summed E-state index contributed by atoms with van der Waals surface area (Å²) in [7, 11) is 0. The van der Waals surface area contributed by atoms with Crippen LogP contribution >= 0.6 is 0 Å². The lowest BCUT2D eigenvalue weighted by Gasteiger charge is -2.42. The molecule has 2 rings (SSSR count). The average molecular weight is 186 g/mol. The van der Waals surface area contributed by atoms with Gasteiger partial charge in [0.1, 0.15) is 0 Å². The van der Waals surface area contributed by atoms with E-state index in [0.29, 0.717) is 0 Å². The van der Waals surface area contributed by atoms with E-state index < -0.39 is 0 Å². The molecule has 0 aromatic heterocycles. The van der Waals surface area contributed by atoms with Crippen molar-refractivity contribution in [2.24, 2.45) is 0 Å². The van der Waals surface area contributed by atoms with Gasteiger partial charge in [-0.05, 0) is 25.7 Å². The molecule has 3 heteroatoms. The highest BCUT2D eigenvalue weighted by Gasteiger charge is 2.39. The first-order valence-electron chi connectivity index (χ1n) is 5.27. The molecule has 2 fully saturated rings. The Labute approximate surface area is 79.0 Å². The van der Waals surface area contributed by atoms with Crippen LogP contribution in [-0.2, 0) is 9.47 Å². The highest BCUT2D eigenvalue weighted by atomic mass is 16.7. The zero-order chi connectivity index (χ0) is 9.15. The molecule has 2 aliphatic heterocycles. The van der Waals surface area contributed by atoms with Crippen molar-refractivity contribution in [2.75, 3.05) is 13.2 Å². The van der Waals surface area contributed by atoms with E-state index in [1.54, 1.807) is 0 Å². The van der Waals surface area contributed by atoms with Gasteiger partial charge in [-0.25, -0.2) is 0 Å². The van der Waals surface area contributed by atoms with Crippen molar-refractivity contribution in [3.63, 3.8) is 0 Å². The zero-order valence-corrected chi connectivity index (χ0v) is 8.00. The van der Waals surface area contributed by atoms with Crippen molar-refractivity contribution in [2.45, 2.75) is 50.4 Å². The second-order valence-corrected chi connectivity index (χ2v) is 4.03. The van der Waals surface area contributed by atoms with Crippen LogP contribution in [0.4, 0.5) is 0 Å². The van der Waals surface area contributed by atoms with E-state index >= 15 is 0 Å². The molecular formula is C10H18O3. The summed E-state index contributed by atoms with van der Waals surface area (Å²) in [5.74, 6) is -0.329. The maximum absolute atomic E-state index is 9.02. The summed E-state index contributed by atoms with van der Waals surface area (Å²) in [6, 6.07) is 0. The average Bonchev–Trinajstić information content (AvgIpc) is 2.19. The Kier molecular flexibility index (Phi) is 2.86. The van der Waals surface area contributed by atoms with Gasteiger partial charge < -0.3 is 14.6 Å². The summed E-state index contributed by atoms with van der Waals surface area (Å²) in [5.41, 5.74) is 0. The van der Waals surface area contributed by atoms with Crippen molar-refractivity contribution in [1.82, 2.24) is 0 Å². The van der Waals surface area contributed by atoms with Crippen LogP contribution in [0.15, 0.2) is 0 Å². The lowest BCUT2D eigenvalue weighted by molar-refractivity contribution is -0.298. The Morgan fingerprint density at radius 1 is 1.23 bits per heavy atom. The molecule has 1 N–H and O–H groups in total. The zero-order valence-electron chi connectivity index (χ0n) is 8.00. The minimum Gasteiger partial charge on any atom is -0.394 e. The van der Waals surface area contributed by atoms with E-state index in [2.05, 4.69) is 0 Å². The van der Waals surface area contributed by atoms with Gasteiger partial charge in [0.05, 0.1) is 19.3 Å². The molecule has 0 saturated carbocycles. The van der Waals surface area contributed by atoms with E-state index in [1.165, 1.54) is 6.42 Å². The van der Waals surface area contributed by atoms with Crippen molar-refractivity contribution in [3.8, 4) is 0 Å². The molecule has 1 spiro atoms. The Balaban J connectivity index is 1.95. The molecule has 0 unspecified atom stereocenters. The van der Waals surface area contributed by atoms with Crippen LogP contribution in [0, 0.1) is 0 Å². The number of aliphatic hydroxyl groups is 1. The first kappa shape index (κ1) is 9.44. The molecular weight excluding hydrogens is 168 g/mol. The lowest BCUT2D eigenvalue weighted by atomic mass is 9.95. The van der Waals surface area contributed by atoms with Gasteiger partial charge in [0.15, 0.2) is 5.79 Å². The van der Waals surface area contributed by atoms with Crippen LogP contribution in [0.2, 0.25) is 0 Å². The minimum absolute atomic E-state index is 0.00634. The molecule has 0 aliphatic carbocycles. The number of ether oxygens (including phenoxy) is 2. The second-order valence-electron chi connectivity index (χ2n) is 4.03. The Morgan fingerprint density at radius 3 is 2.77 bits per heavy atom. The topological polar surface area (TPSA) is 38.7 Å². The molecule has 0 amide bonds. The predicted octanol–water partition coefficient (Wildman–Crippen LogP) is 1.44. The normalized spacial score (nSPS) is 40.8. The summed E-state index contributed by atoms with van der Waals surface area (Å²) in [5, 5.41) is 9.02. The second kappa shape index (κ2) is 3.95. The maximum atomic E-state index is 9.02. The fraction of sp³-hybridized carbons (Fsp3) is 1.00. The van der Waals surface area contributed by atoms with Crippen LogP contribution in [0.5, 0.6) is 0 Å². The molecule has 3 nitrogen and oxygen atoms in total. The van der Waals surface area contributed by atoms with Crippen molar-refractivity contribution in [1.29, 1.82) is 0 Å². The Hall–Kier alpha value is -0.120. The highest BCUT2D eigenvalue weighted by Crippen LogP contribution is 2.36. The van der Waals surface area contributed by atoms with E-state index in [4.69, 9.17) is 14.6 Å². The lowest BCUT2D eigenvalue weighted by Crippen LogP contribution is -2.46. The van der Waals surface area contributed by atoms with E-state index in [0.717, 1.165) is 38.7 Å². The molecule has 2 heterocycles. The molecule has 0 aromatic carbocycles. The molecule has 2 aliphatic rings. The smallest absolute Gasteiger partial charge is 0.168 e. The van der Waals surface area contributed by atoms with Crippen LogP contribution < -0.4 is 0 Å². The molecule has 0 radical (unpaired) electrons. The molecule has 13 heavy (non-hydrogen) atoms. The number of hydrogen-bond acceptors (Lipinski definition) is 3. The summed E-state index contributed by atoms with van der Waals surface area (Å²) < 4.78 is 11.5. The van der Waals surface area contributed by atoms with E-state index in [9.17, 15) is 0 Å². The molecule has 76 valence electrons. The van der Waals surface area contributed by atoms with Gasteiger partial charge in [-0.15, -0.1) is 0 Å². The van der Waals surface area contributed by atoms with Crippen LogP contribution in [0.3, 0.4) is 0 Å². The van der Waals surface area contributed by atoms with Crippen LogP contribution in [-0.4, -0.2) is 30.2 Å². The molecule has 2 atom stereocenters. The third-order valence-electron chi connectivity index (χ3n) is 2.99. The van der Waals surface area contributed by atoms with Gasteiger partial charge >= 0.3 is 0 Å². The van der Waals surface area contributed by atoms with Crippen molar-refractivity contribution in [3.05, 3.63) is 0 Å². The quantitative estimate of drug-likeness (QED) is 0.673. The monoisotopic (exact) mass is 186 g/mol. The number of hydrogen-bond donors (Lipinski definition) is 1. The summed E-state index contributed by atoms with van der Waals surface area (Å²) in [4.78, 5) is 0. The number of rotatable bonds is 1. The Bertz CT molecular complexity index is 158. The Morgan fingerprint density at radius 2 is 2.08 bits per heavy atom. The fourth-order valence-corrected chi connectivity index (χ4v) is 2.27. The first-order valence-corrected chi connectivity index (χ1v) is 5.27. The number of aliphatic hydroxyl groups excluding tert-OH is 1. The molecule has 0 bridgehead atoms. The van der Waals surface area contributed by atoms with Gasteiger partial charge in [0, 0.05) is 12.8 Å². The van der Waals surface area contributed by atoms with Gasteiger partial charge in [-0.2, -0.15) is 0 Å². The highest BCUT2D eigenvalue weighted by molar-refractivity contribution is 4.80. The van der Waals surface area contributed by atoms with Gasteiger partial charge in [-0.1, -0.05) is 0 Å². The van der Waals surface area contributed by atoms with Crippen molar-refractivity contribution >= 4 is 0 Å². The van der Waals surface area contributed by atoms with Gasteiger partial charge in [0.25, 0.3) is 0 Å². The summed E-state index contributed by atoms with van der Waals surface area (Å²) in [6.07, 6.45) is 6.44. The van der Waals surface area contributed by atoms with E-state index in [1.807, 2.05) is 0 Å². The molecule has 0 aromatic rings. The van der Waals surface area contributed by atoms with Crippen LogP contribution in [0.1, 0.15) is 38.5 Å². The summed E-state index contributed by atoms with van der Waals surface area (Å²) in [6.45, 7) is 0.948. The largest absolute Gasteiger partial charge is 0.394 e. The molecule has 2 saturated heterocycles.